The zero-order chi connectivity index (χ0) is 13.2. The number of nitrogens with zero attached hydrogens (tertiary/aromatic N) is 1. The number of ether oxygens (including phenoxy) is 1. The molecule has 18 heavy (non-hydrogen) atoms. The van der Waals surface area contributed by atoms with Crippen LogP contribution < -0.4 is 5.32 Å². The molecule has 0 radical (unpaired) electrons. The Morgan fingerprint density at radius 1 is 1.39 bits per heavy atom. The van der Waals surface area contributed by atoms with Crippen molar-refractivity contribution in [1.29, 1.82) is 0 Å². The van der Waals surface area contributed by atoms with Crippen molar-refractivity contribution in [3.8, 4) is 0 Å². The fraction of sp³-hybridized carbons (Fsp3) is 0.500. The van der Waals surface area contributed by atoms with Gasteiger partial charge in [-0.1, -0.05) is 0 Å². The fourth-order valence-corrected chi connectivity index (χ4v) is 2.63. The molecule has 3 nitrogen and oxygen atoms in total. The first-order valence-corrected chi connectivity index (χ1v) is 6.98. The van der Waals surface area contributed by atoms with Crippen LogP contribution in [-0.4, -0.2) is 24.2 Å². The number of thiazole rings is 1. The number of rotatable bonds is 5. The van der Waals surface area contributed by atoms with Gasteiger partial charge in [0.25, 0.3) is 0 Å². The Bertz CT molecular complexity index is 534. The second kappa shape index (κ2) is 5.24. The van der Waals surface area contributed by atoms with Crippen LogP contribution in [0.25, 0.3) is 10.2 Å². The molecule has 0 saturated carbocycles. The summed E-state index contributed by atoms with van der Waals surface area (Å²) in [5.41, 5.74) is 2.16. The van der Waals surface area contributed by atoms with Gasteiger partial charge in [0.15, 0.2) is 0 Å². The zero-order valence-corrected chi connectivity index (χ0v) is 12.2. The Hall–Kier alpha value is -1.13. The summed E-state index contributed by atoms with van der Waals surface area (Å²) in [6, 6.07) is 6.32. The Balaban J connectivity index is 1.99. The van der Waals surface area contributed by atoms with Gasteiger partial charge in [-0.3, -0.25) is 0 Å². The quantitative estimate of drug-likeness (QED) is 0.891. The smallest absolute Gasteiger partial charge is 0.0907 e. The first kappa shape index (κ1) is 13.3. The average molecular weight is 264 g/mol. The van der Waals surface area contributed by atoms with Crippen LogP contribution in [0.1, 0.15) is 25.3 Å². The third-order valence-electron chi connectivity index (χ3n) is 3.10. The number of anilines is 1. The predicted molar refractivity (Wildman–Crippen MR) is 78.6 cm³/mol. The van der Waals surface area contributed by atoms with E-state index in [1.807, 2.05) is 6.92 Å². The van der Waals surface area contributed by atoms with Gasteiger partial charge >= 0.3 is 0 Å². The van der Waals surface area contributed by atoms with Crippen LogP contribution in [0, 0.1) is 6.92 Å². The van der Waals surface area contributed by atoms with Gasteiger partial charge in [-0.05, 0) is 45.4 Å². The zero-order valence-electron chi connectivity index (χ0n) is 11.4. The summed E-state index contributed by atoms with van der Waals surface area (Å²) in [4.78, 5) is 4.46. The molecule has 2 aromatic rings. The van der Waals surface area contributed by atoms with Crippen molar-refractivity contribution in [1.82, 2.24) is 4.98 Å². The van der Waals surface area contributed by atoms with Crippen LogP contribution in [0.5, 0.6) is 0 Å². The molecule has 1 N–H and O–H groups in total. The van der Waals surface area contributed by atoms with Gasteiger partial charge < -0.3 is 10.1 Å². The number of aryl methyl sites for hydroxylation is 1. The SMILES string of the molecule is COC(C)(C)CCNc1ccc2nc(C)sc2c1. The van der Waals surface area contributed by atoms with Crippen LogP contribution in [-0.2, 0) is 4.74 Å². The molecule has 1 heterocycles. The molecule has 0 fully saturated rings. The Morgan fingerprint density at radius 2 is 2.17 bits per heavy atom. The van der Waals surface area contributed by atoms with Crippen molar-refractivity contribution < 1.29 is 4.74 Å². The summed E-state index contributed by atoms with van der Waals surface area (Å²) in [5.74, 6) is 0. The topological polar surface area (TPSA) is 34.1 Å². The van der Waals surface area contributed by atoms with Gasteiger partial charge in [-0.15, -0.1) is 11.3 Å². The highest BCUT2D eigenvalue weighted by atomic mass is 32.1. The lowest BCUT2D eigenvalue weighted by atomic mass is 10.1. The molecule has 1 aromatic carbocycles. The standard InChI is InChI=1S/C14H20N2OS/c1-10-16-12-6-5-11(9-13(12)18-10)15-8-7-14(2,3)17-4/h5-6,9,15H,7-8H2,1-4H3. The van der Waals surface area contributed by atoms with E-state index in [4.69, 9.17) is 4.74 Å². The average Bonchev–Trinajstić information content (AvgIpc) is 2.68. The number of hydrogen-bond donors (Lipinski definition) is 1. The fourth-order valence-electron chi connectivity index (χ4n) is 1.76. The summed E-state index contributed by atoms with van der Waals surface area (Å²) in [7, 11) is 1.76. The molecular weight excluding hydrogens is 244 g/mol. The van der Waals surface area contributed by atoms with Crippen molar-refractivity contribution in [3.05, 3.63) is 23.2 Å². The van der Waals surface area contributed by atoms with Crippen molar-refractivity contribution in [2.24, 2.45) is 0 Å². The van der Waals surface area contributed by atoms with Gasteiger partial charge in [-0.25, -0.2) is 4.98 Å². The predicted octanol–water partition coefficient (Wildman–Crippen LogP) is 3.83. The summed E-state index contributed by atoms with van der Waals surface area (Å²) in [5, 5.41) is 4.55. The van der Waals surface area contributed by atoms with Crippen LogP contribution in [0.15, 0.2) is 18.2 Å². The number of benzene rings is 1. The van der Waals surface area contributed by atoms with Gasteiger partial charge in [-0.2, -0.15) is 0 Å². The van der Waals surface area contributed by atoms with E-state index in [2.05, 4.69) is 42.3 Å². The van der Waals surface area contributed by atoms with Gasteiger partial charge in [0.05, 0.1) is 20.8 Å². The van der Waals surface area contributed by atoms with Crippen LogP contribution in [0.3, 0.4) is 0 Å². The summed E-state index contributed by atoms with van der Waals surface area (Å²) in [6.45, 7) is 7.15. The first-order valence-electron chi connectivity index (χ1n) is 6.16. The van der Waals surface area contributed by atoms with Gasteiger partial charge in [0.1, 0.15) is 0 Å². The molecule has 0 unspecified atom stereocenters. The Kier molecular flexibility index (Phi) is 3.88. The van der Waals surface area contributed by atoms with Crippen molar-refractivity contribution in [2.45, 2.75) is 32.8 Å². The third kappa shape index (κ3) is 3.21. The molecular formula is C14H20N2OS. The highest BCUT2D eigenvalue weighted by Gasteiger charge is 2.15. The van der Waals surface area contributed by atoms with E-state index < -0.39 is 0 Å². The first-order chi connectivity index (χ1) is 8.50. The Labute approximate surface area is 112 Å². The Morgan fingerprint density at radius 3 is 2.89 bits per heavy atom. The molecule has 0 aliphatic heterocycles. The maximum absolute atomic E-state index is 5.40. The monoisotopic (exact) mass is 264 g/mol. The molecule has 0 aliphatic rings. The van der Waals surface area contributed by atoms with E-state index in [-0.39, 0.29) is 5.60 Å². The van der Waals surface area contributed by atoms with Crippen molar-refractivity contribution >= 4 is 27.2 Å². The molecule has 2 rings (SSSR count). The molecule has 0 atom stereocenters. The molecule has 0 bridgehead atoms. The molecule has 4 heteroatoms. The maximum atomic E-state index is 5.40. The summed E-state index contributed by atoms with van der Waals surface area (Å²) < 4.78 is 6.64. The molecule has 0 amide bonds. The normalized spacial score (nSPS) is 12.0. The molecule has 98 valence electrons. The van der Waals surface area contributed by atoms with E-state index in [0.29, 0.717) is 0 Å². The summed E-state index contributed by atoms with van der Waals surface area (Å²) >= 11 is 1.73. The van der Waals surface area contributed by atoms with Crippen LogP contribution in [0.4, 0.5) is 5.69 Å². The van der Waals surface area contributed by atoms with Crippen LogP contribution >= 0.6 is 11.3 Å². The lowest BCUT2D eigenvalue weighted by Gasteiger charge is -2.23. The van der Waals surface area contributed by atoms with Gasteiger partial charge in [0.2, 0.25) is 0 Å². The number of aromatic nitrogens is 1. The highest BCUT2D eigenvalue weighted by molar-refractivity contribution is 7.18. The maximum Gasteiger partial charge on any atom is 0.0907 e. The van der Waals surface area contributed by atoms with Crippen molar-refractivity contribution in [2.75, 3.05) is 19.0 Å². The van der Waals surface area contributed by atoms with Crippen molar-refractivity contribution in [3.63, 3.8) is 0 Å². The molecule has 0 spiro atoms. The lowest BCUT2D eigenvalue weighted by molar-refractivity contribution is 0.0185. The molecule has 0 aliphatic carbocycles. The minimum Gasteiger partial charge on any atom is -0.385 e. The number of nitrogens with one attached hydrogen (secondary N) is 1. The van der Waals surface area contributed by atoms with E-state index in [0.717, 1.165) is 29.2 Å². The minimum atomic E-state index is -0.0713. The highest BCUT2D eigenvalue weighted by Crippen LogP contribution is 2.25. The van der Waals surface area contributed by atoms with E-state index in [1.54, 1.807) is 18.4 Å². The second-order valence-corrected chi connectivity index (χ2v) is 6.29. The van der Waals surface area contributed by atoms with Crippen LogP contribution in [0.2, 0.25) is 0 Å². The minimum absolute atomic E-state index is 0.0713. The second-order valence-electron chi connectivity index (χ2n) is 5.06. The van der Waals surface area contributed by atoms with E-state index >= 15 is 0 Å². The number of hydrogen-bond acceptors (Lipinski definition) is 4. The molecule has 1 aromatic heterocycles. The number of fused-ring (bicyclic) bond motifs is 1. The summed E-state index contributed by atoms with van der Waals surface area (Å²) in [6.07, 6.45) is 0.975. The largest absolute Gasteiger partial charge is 0.385 e. The van der Waals surface area contributed by atoms with E-state index in [9.17, 15) is 0 Å². The number of methoxy groups -OCH3 is 1. The third-order valence-corrected chi connectivity index (χ3v) is 4.04. The lowest BCUT2D eigenvalue weighted by Crippen LogP contribution is -2.25. The van der Waals surface area contributed by atoms with Gasteiger partial charge in [0, 0.05) is 19.3 Å². The molecule has 0 saturated heterocycles. The van der Waals surface area contributed by atoms with E-state index in [1.165, 1.54) is 4.70 Å².